The molecule has 2 N–H and O–H groups in total. The summed E-state index contributed by atoms with van der Waals surface area (Å²) >= 11 is 0.959. The van der Waals surface area contributed by atoms with Crippen molar-refractivity contribution in [2.24, 2.45) is 15.9 Å². The molecule has 1 heterocycles. The van der Waals surface area contributed by atoms with Gasteiger partial charge in [0, 0.05) is 6.42 Å². The smallest absolute Gasteiger partial charge is 0.247 e. The molecule has 3 rings (SSSR count). The fourth-order valence-electron chi connectivity index (χ4n) is 2.57. The molecule has 0 aliphatic carbocycles. The molecule has 0 unspecified atom stereocenters. The van der Waals surface area contributed by atoms with E-state index in [1.54, 1.807) is 0 Å². The number of imide groups is 1. The number of anilines is 1. The van der Waals surface area contributed by atoms with Gasteiger partial charge in [-0.1, -0.05) is 54.2 Å². The van der Waals surface area contributed by atoms with Crippen LogP contribution in [0.3, 0.4) is 0 Å². The number of amides is 2. The van der Waals surface area contributed by atoms with Crippen molar-refractivity contribution in [3.63, 3.8) is 0 Å². The Bertz CT molecular complexity index is 958. The Morgan fingerprint density at radius 2 is 1.82 bits per heavy atom. The number of carboxylic acid groups (broad SMARTS) is 1. The van der Waals surface area contributed by atoms with Gasteiger partial charge in [-0.2, -0.15) is 5.10 Å². The third-order valence-corrected chi connectivity index (χ3v) is 4.87. The lowest BCUT2D eigenvalue weighted by molar-refractivity contribution is -0.255. The van der Waals surface area contributed by atoms with E-state index in [-0.39, 0.29) is 17.2 Å². The second kappa shape index (κ2) is 8.49. The van der Waals surface area contributed by atoms with Crippen LogP contribution in [0, 0.1) is 0 Å². The lowest BCUT2D eigenvalue weighted by atomic mass is 10.2. The van der Waals surface area contributed by atoms with Crippen LogP contribution in [0.5, 0.6) is 0 Å². The molecule has 8 nitrogen and oxygen atoms in total. The van der Waals surface area contributed by atoms with Gasteiger partial charge in [-0.25, -0.2) is 4.90 Å². The van der Waals surface area contributed by atoms with Crippen molar-refractivity contribution in [3.8, 4) is 0 Å². The molecule has 2 aromatic carbocycles. The number of carbonyl (C=O) groups excluding carboxylic acids is 3. The molecular formula is C19H15N4O4S-. The molecule has 1 saturated heterocycles. The van der Waals surface area contributed by atoms with Crippen LogP contribution in [0.4, 0.5) is 5.69 Å². The number of amidine groups is 1. The van der Waals surface area contributed by atoms with Gasteiger partial charge < -0.3 is 15.6 Å². The van der Waals surface area contributed by atoms with Gasteiger partial charge in [0.05, 0.1) is 17.9 Å². The number of carbonyl (C=O) groups is 3. The average Bonchev–Trinajstić information content (AvgIpc) is 2.96. The van der Waals surface area contributed by atoms with E-state index >= 15 is 0 Å². The highest BCUT2D eigenvalue weighted by Gasteiger charge is 2.40. The van der Waals surface area contributed by atoms with E-state index in [0.717, 1.165) is 22.2 Å². The summed E-state index contributed by atoms with van der Waals surface area (Å²) in [5, 5.41) is 17.9. The summed E-state index contributed by atoms with van der Waals surface area (Å²) < 4.78 is 0. The molecule has 9 heteroatoms. The number of carboxylic acids is 1. The summed E-state index contributed by atoms with van der Waals surface area (Å²) in [6.07, 6.45) is 1.49. The third kappa shape index (κ3) is 4.44. The number of hydrogen-bond donors (Lipinski definition) is 1. The van der Waals surface area contributed by atoms with Gasteiger partial charge in [0.2, 0.25) is 11.8 Å². The molecule has 1 aliphatic heterocycles. The van der Waals surface area contributed by atoms with E-state index in [1.165, 1.54) is 30.5 Å². The van der Waals surface area contributed by atoms with Gasteiger partial charge in [0.15, 0.2) is 5.17 Å². The Hall–Kier alpha value is -3.46. The van der Waals surface area contributed by atoms with Crippen LogP contribution in [-0.4, -0.2) is 34.4 Å². The van der Waals surface area contributed by atoms with Crippen molar-refractivity contribution in [3.05, 3.63) is 65.7 Å². The van der Waals surface area contributed by atoms with Crippen molar-refractivity contribution in [2.75, 3.05) is 4.90 Å². The molecule has 0 aromatic heterocycles. The number of nitrogens with two attached hydrogens (primary N) is 1. The SMILES string of the molecule is NC(=N/N=C\c1ccccc1)S[C@@H]1CC(=O)N(c2ccc(C(=O)[O-])cc2)C1=O. The number of benzene rings is 2. The lowest BCUT2D eigenvalue weighted by Crippen LogP contribution is -2.32. The largest absolute Gasteiger partial charge is 0.545 e. The van der Waals surface area contributed by atoms with Crippen LogP contribution in [0.25, 0.3) is 0 Å². The zero-order valence-corrected chi connectivity index (χ0v) is 15.3. The summed E-state index contributed by atoms with van der Waals surface area (Å²) in [5.41, 5.74) is 6.91. The van der Waals surface area contributed by atoms with Gasteiger partial charge in [0.25, 0.3) is 0 Å². The summed E-state index contributed by atoms with van der Waals surface area (Å²) in [6, 6.07) is 14.6. The minimum Gasteiger partial charge on any atom is -0.545 e. The maximum Gasteiger partial charge on any atom is 0.247 e. The number of thioether (sulfide) groups is 1. The molecule has 28 heavy (non-hydrogen) atoms. The Kier molecular flexibility index (Phi) is 5.85. The summed E-state index contributed by atoms with van der Waals surface area (Å²) in [7, 11) is 0. The van der Waals surface area contributed by atoms with E-state index in [9.17, 15) is 19.5 Å². The van der Waals surface area contributed by atoms with Gasteiger partial charge in [-0.15, -0.1) is 5.10 Å². The first-order valence-electron chi connectivity index (χ1n) is 8.22. The highest BCUT2D eigenvalue weighted by atomic mass is 32.2. The van der Waals surface area contributed by atoms with Gasteiger partial charge in [0.1, 0.15) is 5.25 Å². The van der Waals surface area contributed by atoms with Crippen LogP contribution in [0.2, 0.25) is 0 Å². The molecule has 0 radical (unpaired) electrons. The molecule has 0 spiro atoms. The van der Waals surface area contributed by atoms with Gasteiger partial charge in [-0.3, -0.25) is 9.59 Å². The molecule has 0 bridgehead atoms. The summed E-state index contributed by atoms with van der Waals surface area (Å²) in [6.45, 7) is 0. The van der Waals surface area contributed by atoms with Crippen LogP contribution < -0.4 is 15.7 Å². The van der Waals surface area contributed by atoms with E-state index in [2.05, 4.69) is 10.2 Å². The first kappa shape index (κ1) is 19.3. The molecule has 142 valence electrons. The minimum atomic E-state index is -1.33. The Balaban J connectivity index is 1.66. The average molecular weight is 395 g/mol. The number of aromatic carboxylic acids is 1. The quantitative estimate of drug-likeness (QED) is 0.345. The first-order valence-corrected chi connectivity index (χ1v) is 9.10. The second-order valence-electron chi connectivity index (χ2n) is 5.81. The fraction of sp³-hybridized carbons (Fsp3) is 0.105. The van der Waals surface area contributed by atoms with Crippen LogP contribution in [0.15, 0.2) is 64.8 Å². The van der Waals surface area contributed by atoms with Crippen molar-refractivity contribution in [1.29, 1.82) is 0 Å². The maximum absolute atomic E-state index is 12.6. The van der Waals surface area contributed by atoms with E-state index in [4.69, 9.17) is 5.73 Å². The van der Waals surface area contributed by atoms with E-state index in [0.29, 0.717) is 5.69 Å². The number of nitrogens with zero attached hydrogens (tertiary/aromatic N) is 3. The molecule has 2 amide bonds. The molecular weight excluding hydrogens is 380 g/mol. The molecule has 1 atom stereocenters. The molecule has 1 aliphatic rings. The monoisotopic (exact) mass is 395 g/mol. The zero-order chi connectivity index (χ0) is 20.1. The van der Waals surface area contributed by atoms with Gasteiger partial charge in [-0.05, 0) is 23.3 Å². The topological polar surface area (TPSA) is 128 Å². The lowest BCUT2D eigenvalue weighted by Gasteiger charge is -2.15. The maximum atomic E-state index is 12.6. The Morgan fingerprint density at radius 3 is 2.46 bits per heavy atom. The van der Waals surface area contributed by atoms with Crippen LogP contribution >= 0.6 is 11.8 Å². The Morgan fingerprint density at radius 1 is 1.14 bits per heavy atom. The second-order valence-corrected chi connectivity index (χ2v) is 7.03. The Labute approximate surface area is 164 Å². The first-order chi connectivity index (χ1) is 13.5. The highest BCUT2D eigenvalue weighted by Crippen LogP contribution is 2.29. The number of hydrogen-bond acceptors (Lipinski definition) is 7. The zero-order valence-electron chi connectivity index (χ0n) is 14.5. The predicted octanol–water partition coefficient (Wildman–Crippen LogP) is 0.764. The summed E-state index contributed by atoms with van der Waals surface area (Å²) in [5.74, 6) is -2.18. The molecule has 0 saturated carbocycles. The van der Waals surface area contributed by atoms with Crippen molar-refractivity contribution in [2.45, 2.75) is 11.7 Å². The predicted molar refractivity (Wildman–Crippen MR) is 105 cm³/mol. The van der Waals surface area contributed by atoms with E-state index < -0.39 is 23.0 Å². The number of rotatable bonds is 5. The van der Waals surface area contributed by atoms with Gasteiger partial charge >= 0.3 is 0 Å². The standard InChI is InChI=1S/C19H16N4O4S/c20-19(22-21-11-12-4-2-1-3-5-12)28-15-10-16(24)23(17(15)25)14-8-6-13(7-9-14)18(26)27/h1-9,11,15H,10H2,(H2,20,22)(H,26,27)/p-1/b21-11-/t15-/m1/s1. The van der Waals surface area contributed by atoms with E-state index in [1.807, 2.05) is 30.3 Å². The van der Waals surface area contributed by atoms with Crippen LogP contribution in [0.1, 0.15) is 22.3 Å². The molecule has 2 aromatic rings. The summed E-state index contributed by atoms with van der Waals surface area (Å²) in [4.78, 5) is 36.6. The van der Waals surface area contributed by atoms with Crippen molar-refractivity contribution in [1.82, 2.24) is 0 Å². The van der Waals surface area contributed by atoms with Crippen molar-refractivity contribution < 1.29 is 19.5 Å². The van der Waals surface area contributed by atoms with Crippen molar-refractivity contribution >= 4 is 46.6 Å². The highest BCUT2D eigenvalue weighted by molar-refractivity contribution is 8.14. The normalized spacial score (nSPS) is 17.5. The minimum absolute atomic E-state index is 0.0373. The van der Waals surface area contributed by atoms with Crippen LogP contribution in [-0.2, 0) is 9.59 Å². The fourth-order valence-corrected chi connectivity index (χ4v) is 3.39. The third-order valence-electron chi connectivity index (χ3n) is 3.89. The molecule has 1 fully saturated rings.